The van der Waals surface area contributed by atoms with Gasteiger partial charge in [-0.1, -0.05) is 13.8 Å². The summed E-state index contributed by atoms with van der Waals surface area (Å²) in [7, 11) is 1.84. The van der Waals surface area contributed by atoms with Gasteiger partial charge in [-0.05, 0) is 18.9 Å². The predicted octanol–water partition coefficient (Wildman–Crippen LogP) is 2.03. The lowest BCUT2D eigenvalue weighted by molar-refractivity contribution is 0.101. The van der Waals surface area contributed by atoms with E-state index < -0.39 is 0 Å². The number of hydrogen-bond donors (Lipinski definition) is 2. The number of anilines is 2. The Hall–Kier alpha value is -2.24. The van der Waals surface area contributed by atoms with Crippen molar-refractivity contribution >= 4 is 17.3 Å². The molecule has 20 heavy (non-hydrogen) atoms. The lowest BCUT2D eigenvalue weighted by atomic mass is 10.3. The van der Waals surface area contributed by atoms with Gasteiger partial charge in [-0.2, -0.15) is 5.10 Å². The van der Waals surface area contributed by atoms with E-state index in [9.17, 15) is 4.79 Å². The van der Waals surface area contributed by atoms with Crippen molar-refractivity contribution in [3.05, 3.63) is 29.8 Å². The average molecular weight is 275 g/mol. The number of aromatic nitrogens is 3. The van der Waals surface area contributed by atoms with Crippen molar-refractivity contribution in [3.63, 3.8) is 0 Å². The van der Waals surface area contributed by atoms with Crippen LogP contribution >= 0.6 is 0 Å². The summed E-state index contributed by atoms with van der Waals surface area (Å²) >= 11 is 0. The van der Waals surface area contributed by atoms with Gasteiger partial charge in [0.1, 0.15) is 5.69 Å². The van der Waals surface area contributed by atoms with Crippen LogP contribution in [0.25, 0.3) is 0 Å². The first-order valence-corrected chi connectivity index (χ1v) is 6.84. The fraction of sp³-hybridized carbons (Fsp3) is 0.429. The van der Waals surface area contributed by atoms with Crippen molar-refractivity contribution in [2.24, 2.45) is 7.05 Å². The second kappa shape index (κ2) is 5.81. The maximum atomic E-state index is 12.4. The molecule has 108 valence electrons. The number of carbonyl (C=O) groups excluding carboxylic acids is 1. The monoisotopic (exact) mass is 275 g/mol. The molecule has 0 fully saturated rings. The van der Waals surface area contributed by atoms with Crippen LogP contribution in [0.4, 0.5) is 11.4 Å². The highest BCUT2D eigenvalue weighted by Crippen LogP contribution is 2.17. The van der Waals surface area contributed by atoms with Crippen molar-refractivity contribution in [1.29, 1.82) is 0 Å². The number of aryl methyl sites for hydroxylation is 3. The van der Waals surface area contributed by atoms with E-state index in [4.69, 9.17) is 5.73 Å². The Bertz CT molecular complexity index is 611. The second-order valence-corrected chi connectivity index (χ2v) is 4.82. The molecule has 0 aliphatic heterocycles. The highest BCUT2D eigenvalue weighted by Gasteiger charge is 2.15. The number of hydrogen-bond acceptors (Lipinski definition) is 3. The molecule has 6 nitrogen and oxygen atoms in total. The Morgan fingerprint density at radius 3 is 2.80 bits per heavy atom. The number of nitrogen functional groups attached to an aromatic ring is 1. The number of carbonyl (C=O) groups is 1. The van der Waals surface area contributed by atoms with E-state index >= 15 is 0 Å². The second-order valence-electron chi connectivity index (χ2n) is 4.82. The number of rotatable bonds is 5. The quantitative estimate of drug-likeness (QED) is 0.876. The summed E-state index contributed by atoms with van der Waals surface area (Å²) in [5, 5.41) is 7.22. The third-order valence-corrected chi connectivity index (χ3v) is 3.10. The fourth-order valence-electron chi connectivity index (χ4n) is 2.24. The third-order valence-electron chi connectivity index (χ3n) is 3.10. The van der Waals surface area contributed by atoms with Crippen molar-refractivity contribution in [3.8, 4) is 0 Å². The molecule has 2 heterocycles. The van der Waals surface area contributed by atoms with Crippen LogP contribution in [0.2, 0.25) is 0 Å². The summed E-state index contributed by atoms with van der Waals surface area (Å²) in [6.45, 7) is 4.84. The average Bonchev–Trinajstić information content (AvgIpc) is 2.93. The summed E-state index contributed by atoms with van der Waals surface area (Å²) < 4.78 is 3.58. The standard InChI is InChI=1S/C14H21N5O/c1-4-6-19-8-10(15)7-13(19)14(20)16-12-9-18(3)17-11(12)5-2/h7-9H,4-6,15H2,1-3H3,(H,16,20). The molecule has 0 aromatic carbocycles. The molecule has 0 saturated carbocycles. The van der Waals surface area contributed by atoms with E-state index in [-0.39, 0.29) is 5.91 Å². The Morgan fingerprint density at radius 1 is 1.40 bits per heavy atom. The molecule has 0 unspecified atom stereocenters. The Balaban J connectivity index is 2.23. The van der Waals surface area contributed by atoms with Gasteiger partial charge < -0.3 is 15.6 Å². The van der Waals surface area contributed by atoms with Gasteiger partial charge in [-0.15, -0.1) is 0 Å². The molecule has 0 spiro atoms. The number of nitrogens with zero attached hydrogens (tertiary/aromatic N) is 3. The molecule has 0 aliphatic carbocycles. The Kier molecular flexibility index (Phi) is 4.12. The smallest absolute Gasteiger partial charge is 0.272 e. The zero-order chi connectivity index (χ0) is 14.7. The van der Waals surface area contributed by atoms with Crippen LogP contribution in [0, 0.1) is 0 Å². The van der Waals surface area contributed by atoms with Crippen molar-refractivity contribution < 1.29 is 4.79 Å². The maximum absolute atomic E-state index is 12.4. The van der Waals surface area contributed by atoms with Crippen molar-refractivity contribution in [2.75, 3.05) is 11.1 Å². The van der Waals surface area contributed by atoms with Gasteiger partial charge in [-0.25, -0.2) is 0 Å². The summed E-state index contributed by atoms with van der Waals surface area (Å²) in [5.74, 6) is -0.155. The van der Waals surface area contributed by atoms with Crippen LogP contribution in [-0.4, -0.2) is 20.3 Å². The normalized spacial score (nSPS) is 10.8. The molecule has 2 rings (SSSR count). The first-order valence-electron chi connectivity index (χ1n) is 6.84. The highest BCUT2D eigenvalue weighted by molar-refractivity contribution is 6.04. The minimum atomic E-state index is -0.155. The maximum Gasteiger partial charge on any atom is 0.272 e. The van der Waals surface area contributed by atoms with Crippen LogP contribution in [-0.2, 0) is 20.0 Å². The molecule has 1 amide bonds. The van der Waals surface area contributed by atoms with Gasteiger partial charge >= 0.3 is 0 Å². The molecular weight excluding hydrogens is 254 g/mol. The van der Waals surface area contributed by atoms with Gasteiger partial charge in [0.15, 0.2) is 0 Å². The SMILES string of the molecule is CCCn1cc(N)cc1C(=O)Nc1cn(C)nc1CC. The van der Waals surface area contributed by atoms with Crippen molar-refractivity contribution in [1.82, 2.24) is 14.3 Å². The summed E-state index contributed by atoms with van der Waals surface area (Å²) in [6, 6.07) is 1.70. The zero-order valence-corrected chi connectivity index (χ0v) is 12.2. The van der Waals surface area contributed by atoms with E-state index in [1.807, 2.05) is 24.7 Å². The Morgan fingerprint density at radius 2 is 2.15 bits per heavy atom. The van der Waals surface area contributed by atoms with Gasteiger partial charge in [-0.3, -0.25) is 9.48 Å². The zero-order valence-electron chi connectivity index (χ0n) is 12.2. The lowest BCUT2D eigenvalue weighted by Crippen LogP contribution is -2.17. The molecule has 3 N–H and O–H groups in total. The van der Waals surface area contributed by atoms with Gasteiger partial charge in [0.05, 0.1) is 17.1 Å². The van der Waals surface area contributed by atoms with Crippen molar-refractivity contribution in [2.45, 2.75) is 33.2 Å². The van der Waals surface area contributed by atoms with Crippen LogP contribution in [0.15, 0.2) is 18.5 Å². The fourth-order valence-corrected chi connectivity index (χ4v) is 2.24. The largest absolute Gasteiger partial charge is 0.397 e. The molecule has 0 saturated heterocycles. The van der Waals surface area contributed by atoms with E-state index in [1.165, 1.54) is 0 Å². The molecule has 2 aromatic rings. The first-order chi connectivity index (χ1) is 9.55. The van der Waals surface area contributed by atoms with Crippen LogP contribution in [0.1, 0.15) is 36.5 Å². The molecule has 0 aliphatic rings. The summed E-state index contributed by atoms with van der Waals surface area (Å²) in [6.07, 6.45) is 5.33. The summed E-state index contributed by atoms with van der Waals surface area (Å²) in [5.41, 5.74) is 8.59. The van der Waals surface area contributed by atoms with Gasteiger partial charge in [0.2, 0.25) is 0 Å². The number of amides is 1. The van der Waals surface area contributed by atoms with Crippen LogP contribution in [0.3, 0.4) is 0 Å². The molecule has 6 heteroatoms. The lowest BCUT2D eigenvalue weighted by Gasteiger charge is -2.08. The van der Waals surface area contributed by atoms with E-state index in [2.05, 4.69) is 17.3 Å². The molecule has 0 radical (unpaired) electrons. The topological polar surface area (TPSA) is 77.9 Å². The van der Waals surface area contributed by atoms with E-state index in [0.717, 1.165) is 30.8 Å². The Labute approximate surface area is 118 Å². The van der Waals surface area contributed by atoms with E-state index in [1.54, 1.807) is 16.9 Å². The third kappa shape index (κ3) is 2.84. The van der Waals surface area contributed by atoms with Crippen LogP contribution in [0.5, 0.6) is 0 Å². The van der Waals surface area contributed by atoms with Crippen LogP contribution < -0.4 is 11.1 Å². The number of nitrogens with two attached hydrogens (primary N) is 1. The van der Waals surface area contributed by atoms with Gasteiger partial charge in [0.25, 0.3) is 5.91 Å². The van der Waals surface area contributed by atoms with Gasteiger partial charge in [0, 0.05) is 26.0 Å². The first kappa shape index (κ1) is 14.2. The van der Waals surface area contributed by atoms with E-state index in [0.29, 0.717) is 11.4 Å². The summed E-state index contributed by atoms with van der Waals surface area (Å²) in [4.78, 5) is 12.4. The molecule has 0 atom stereocenters. The predicted molar refractivity (Wildman–Crippen MR) is 79.7 cm³/mol. The molecular formula is C14H21N5O. The highest BCUT2D eigenvalue weighted by atomic mass is 16.2. The molecule has 2 aromatic heterocycles. The molecule has 0 bridgehead atoms. The minimum Gasteiger partial charge on any atom is -0.397 e. The minimum absolute atomic E-state index is 0.155. The number of nitrogens with one attached hydrogen (secondary N) is 1.